The molecule has 1 saturated heterocycles. The molecule has 2 aromatic carbocycles. The Morgan fingerprint density at radius 3 is 2.53 bits per heavy atom. The molecule has 2 aromatic rings. The third-order valence-corrected chi connectivity index (χ3v) is 7.10. The van der Waals surface area contributed by atoms with Gasteiger partial charge in [-0.2, -0.15) is 0 Å². The second-order valence-electron chi connectivity index (χ2n) is 10.9. The third kappa shape index (κ3) is 5.71. The maximum absolute atomic E-state index is 13.3. The van der Waals surface area contributed by atoms with Gasteiger partial charge in [-0.25, -0.2) is 4.79 Å². The van der Waals surface area contributed by atoms with E-state index < -0.39 is 29.1 Å². The molecular weight excluding hydrogens is 460 g/mol. The fourth-order valence-electron chi connectivity index (χ4n) is 5.19. The molecular formula is C28H36N2O6. The number of carbonyl (C=O) groups excluding carboxylic acids is 2. The molecule has 1 amide bonds. The molecule has 1 heterocycles. The van der Waals surface area contributed by atoms with Crippen LogP contribution in [-0.2, 0) is 30.5 Å². The molecule has 2 fully saturated rings. The summed E-state index contributed by atoms with van der Waals surface area (Å²) >= 11 is 0. The molecule has 1 aliphatic heterocycles. The van der Waals surface area contributed by atoms with E-state index in [1.54, 1.807) is 25.7 Å². The van der Waals surface area contributed by atoms with Gasteiger partial charge in [-0.1, -0.05) is 55.8 Å². The number of fused-ring (bicyclic) bond motifs is 1. The summed E-state index contributed by atoms with van der Waals surface area (Å²) in [6.45, 7) is 7.98. The zero-order chi connectivity index (χ0) is 26.1. The summed E-state index contributed by atoms with van der Waals surface area (Å²) in [5, 5.41) is 14.8. The zero-order valence-electron chi connectivity index (χ0n) is 21.5. The van der Waals surface area contributed by atoms with Crippen LogP contribution in [0.4, 0.5) is 0 Å². The summed E-state index contributed by atoms with van der Waals surface area (Å²) in [5.41, 5.74) is -0.812. The summed E-state index contributed by atoms with van der Waals surface area (Å²) in [4.78, 5) is 39.6. The van der Waals surface area contributed by atoms with Crippen molar-refractivity contribution in [2.75, 3.05) is 13.1 Å². The van der Waals surface area contributed by atoms with Crippen molar-refractivity contribution in [3.8, 4) is 0 Å². The van der Waals surface area contributed by atoms with Gasteiger partial charge >= 0.3 is 11.9 Å². The first-order valence-electron chi connectivity index (χ1n) is 12.6. The maximum Gasteiger partial charge on any atom is 0.329 e. The van der Waals surface area contributed by atoms with Gasteiger partial charge < -0.3 is 19.9 Å². The number of esters is 1. The summed E-state index contributed by atoms with van der Waals surface area (Å²) in [6.07, 6.45) is 1.18. The molecule has 8 nitrogen and oxygen atoms in total. The topological polar surface area (TPSA) is 105 Å². The number of carboxylic acids is 1. The summed E-state index contributed by atoms with van der Waals surface area (Å²) in [7, 11) is 0. The van der Waals surface area contributed by atoms with Crippen LogP contribution in [0, 0.1) is 5.92 Å². The zero-order valence-corrected chi connectivity index (χ0v) is 21.5. The lowest BCUT2D eigenvalue weighted by Gasteiger charge is -2.26. The van der Waals surface area contributed by atoms with E-state index in [9.17, 15) is 19.5 Å². The van der Waals surface area contributed by atoms with E-state index in [0.717, 1.165) is 16.3 Å². The minimum atomic E-state index is -1.22. The third-order valence-electron chi connectivity index (χ3n) is 7.10. The van der Waals surface area contributed by atoms with Crippen LogP contribution in [-0.4, -0.2) is 64.2 Å². The van der Waals surface area contributed by atoms with Crippen molar-refractivity contribution in [2.45, 2.75) is 76.9 Å². The molecule has 0 aromatic heterocycles. The summed E-state index contributed by atoms with van der Waals surface area (Å²) in [5.74, 6) is -1.91. The highest BCUT2D eigenvalue weighted by Gasteiger charge is 2.61. The molecule has 8 heteroatoms. The minimum Gasteiger partial charge on any atom is -0.479 e. The van der Waals surface area contributed by atoms with Crippen LogP contribution in [0.25, 0.3) is 10.8 Å². The lowest BCUT2D eigenvalue weighted by molar-refractivity contribution is -0.157. The van der Waals surface area contributed by atoms with E-state index in [-0.39, 0.29) is 24.5 Å². The number of carbonyl (C=O) groups is 3. The number of hydrogen-bond acceptors (Lipinski definition) is 6. The van der Waals surface area contributed by atoms with Crippen molar-refractivity contribution >= 4 is 28.6 Å². The van der Waals surface area contributed by atoms with Crippen LogP contribution in [0.3, 0.4) is 0 Å². The highest BCUT2D eigenvalue weighted by Crippen LogP contribution is 2.46. The van der Waals surface area contributed by atoms with Crippen LogP contribution < -0.4 is 5.32 Å². The highest BCUT2D eigenvalue weighted by atomic mass is 16.6. The fourth-order valence-corrected chi connectivity index (χ4v) is 5.19. The molecule has 0 unspecified atom stereocenters. The van der Waals surface area contributed by atoms with Gasteiger partial charge in [-0.05, 0) is 55.9 Å². The van der Waals surface area contributed by atoms with E-state index in [2.05, 4.69) is 23.5 Å². The number of hydrogen-bond donors (Lipinski definition) is 2. The molecule has 36 heavy (non-hydrogen) atoms. The van der Waals surface area contributed by atoms with Crippen molar-refractivity contribution < 1.29 is 29.0 Å². The van der Waals surface area contributed by atoms with Gasteiger partial charge in [0.25, 0.3) is 0 Å². The summed E-state index contributed by atoms with van der Waals surface area (Å²) in [6, 6.07) is 13.5. The average Bonchev–Trinajstić information content (AvgIpc) is 3.39. The first-order valence-corrected chi connectivity index (χ1v) is 12.6. The van der Waals surface area contributed by atoms with Crippen molar-refractivity contribution in [1.82, 2.24) is 10.2 Å². The highest BCUT2D eigenvalue weighted by molar-refractivity contribution is 5.92. The van der Waals surface area contributed by atoms with Crippen LogP contribution in [0.15, 0.2) is 42.5 Å². The molecule has 1 aliphatic carbocycles. The molecule has 4 atom stereocenters. The number of likely N-dealkylation sites (tertiary alicyclic amines) is 1. The van der Waals surface area contributed by atoms with E-state index in [1.807, 2.05) is 31.2 Å². The van der Waals surface area contributed by atoms with Crippen LogP contribution in [0.5, 0.6) is 0 Å². The Labute approximate surface area is 211 Å². The standard InChI is InChI=1S/C28H36N2O6/c1-5-20-14-28(20,26(33)34)29-25(32)23-13-21(15-30(23)16-24(31)36-27(2,3)4)35-17-19-11-8-10-18-9-6-7-12-22(18)19/h6-12,20-21,23H,5,13-17H2,1-4H3,(H,29,32)(H,33,34)/t20-,21+,23-,28+/m0/s1. The molecule has 1 saturated carbocycles. The van der Waals surface area contributed by atoms with Crippen molar-refractivity contribution in [1.29, 1.82) is 0 Å². The number of ether oxygens (including phenoxy) is 2. The fraction of sp³-hybridized carbons (Fsp3) is 0.536. The second-order valence-corrected chi connectivity index (χ2v) is 10.9. The first kappa shape index (κ1) is 26.1. The lowest BCUT2D eigenvalue weighted by Crippen LogP contribution is -2.52. The second kappa shape index (κ2) is 10.2. The molecule has 0 radical (unpaired) electrons. The van der Waals surface area contributed by atoms with Gasteiger partial charge in [0.1, 0.15) is 11.1 Å². The Balaban J connectivity index is 1.47. The number of carboxylic acid groups (broad SMARTS) is 1. The maximum atomic E-state index is 13.3. The first-order chi connectivity index (χ1) is 17.0. The Kier molecular flexibility index (Phi) is 7.38. The smallest absolute Gasteiger partial charge is 0.329 e. The van der Waals surface area contributed by atoms with E-state index in [0.29, 0.717) is 32.4 Å². The number of benzene rings is 2. The van der Waals surface area contributed by atoms with Gasteiger partial charge in [-0.15, -0.1) is 0 Å². The van der Waals surface area contributed by atoms with Crippen LogP contribution in [0.2, 0.25) is 0 Å². The number of aliphatic carboxylic acids is 1. The van der Waals surface area contributed by atoms with Gasteiger partial charge in [0, 0.05) is 6.54 Å². The normalized spacial score (nSPS) is 26.1. The van der Waals surface area contributed by atoms with Crippen molar-refractivity contribution in [3.63, 3.8) is 0 Å². The van der Waals surface area contributed by atoms with Gasteiger partial charge in [0.15, 0.2) is 0 Å². The molecule has 0 spiro atoms. The molecule has 4 rings (SSSR count). The minimum absolute atomic E-state index is 0.0687. The van der Waals surface area contributed by atoms with Gasteiger partial charge in [0.05, 0.1) is 25.3 Å². The van der Waals surface area contributed by atoms with Crippen molar-refractivity contribution in [3.05, 3.63) is 48.0 Å². The van der Waals surface area contributed by atoms with Crippen molar-refractivity contribution in [2.24, 2.45) is 5.92 Å². The Morgan fingerprint density at radius 2 is 1.86 bits per heavy atom. The van der Waals surface area contributed by atoms with Crippen LogP contribution >= 0.6 is 0 Å². The predicted octanol–water partition coefficient (Wildman–Crippen LogP) is 3.51. The molecule has 2 N–H and O–H groups in total. The van der Waals surface area contributed by atoms with Gasteiger partial charge in [0.2, 0.25) is 5.91 Å². The number of amides is 1. The summed E-state index contributed by atoms with van der Waals surface area (Å²) < 4.78 is 11.7. The van der Waals surface area contributed by atoms with E-state index in [1.165, 1.54) is 0 Å². The van der Waals surface area contributed by atoms with Gasteiger partial charge in [-0.3, -0.25) is 14.5 Å². The molecule has 2 aliphatic rings. The quantitative estimate of drug-likeness (QED) is 0.512. The SMILES string of the molecule is CC[C@H]1C[C@]1(NC(=O)[C@@H]1C[C@@H](OCc2cccc3ccccc23)CN1CC(=O)OC(C)(C)C)C(=O)O. The lowest BCUT2D eigenvalue weighted by atomic mass is 10.1. The molecule has 0 bridgehead atoms. The number of nitrogens with zero attached hydrogens (tertiary/aromatic N) is 1. The van der Waals surface area contributed by atoms with E-state index >= 15 is 0 Å². The Hall–Kier alpha value is -2.97. The predicted molar refractivity (Wildman–Crippen MR) is 135 cm³/mol. The molecule has 194 valence electrons. The number of nitrogens with one attached hydrogen (secondary N) is 1. The Morgan fingerprint density at radius 1 is 1.14 bits per heavy atom. The largest absolute Gasteiger partial charge is 0.479 e. The van der Waals surface area contributed by atoms with E-state index in [4.69, 9.17) is 9.47 Å². The monoisotopic (exact) mass is 496 g/mol. The average molecular weight is 497 g/mol. The Bertz CT molecular complexity index is 1140. The number of rotatable bonds is 9. The van der Waals surface area contributed by atoms with Crippen LogP contribution in [0.1, 0.15) is 52.5 Å².